The summed E-state index contributed by atoms with van der Waals surface area (Å²) in [4.78, 5) is 38.3. The number of ether oxygens (including phenoxy) is 3. The van der Waals surface area contributed by atoms with Crippen molar-refractivity contribution in [1.82, 2.24) is 0 Å². The van der Waals surface area contributed by atoms with Crippen LogP contribution in [0.1, 0.15) is 342 Å². The minimum absolute atomic E-state index is 0.0815. The van der Waals surface area contributed by atoms with Crippen LogP contribution >= 0.6 is 0 Å². The zero-order chi connectivity index (χ0) is 58.5. The van der Waals surface area contributed by atoms with Gasteiger partial charge in [-0.15, -0.1) is 0 Å². The lowest BCUT2D eigenvalue weighted by Crippen LogP contribution is -2.30. The third-order valence-corrected chi connectivity index (χ3v) is 15.0. The molecule has 0 aliphatic rings. The zero-order valence-electron chi connectivity index (χ0n) is 53.5. The Bertz CT molecular complexity index is 1580. The second kappa shape index (κ2) is 68.8. The first-order valence-electron chi connectivity index (χ1n) is 34.7. The number of allylic oxidation sites excluding steroid dienone is 16. The standard InChI is InChI=1S/C75H130O6/c1-4-7-10-13-16-19-22-24-26-28-30-32-33-34-35-36-37-38-39-40-41-43-44-46-48-50-53-56-59-62-65-68-74(77)80-71-72(70-79-73(76)67-64-61-58-55-52-21-18-15-12-9-6-3)81-75(78)69-66-63-60-57-54-51-49-47-45-42-31-29-27-25-23-20-17-14-11-8-5-2/h8,11,15,17-18,20,22,24-25,27-28,30-31,33-34,42,72H,4-7,9-10,12-14,16,19,21,23,26,29,32,35-41,43-71H2,1-3H3/b11-8-,18-15-,20-17-,24-22-,27-25-,30-28-,34-33-,42-31-. The highest BCUT2D eigenvalue weighted by Gasteiger charge is 2.19. The Morgan fingerprint density at radius 1 is 0.259 bits per heavy atom. The second-order valence-corrected chi connectivity index (χ2v) is 23.1. The van der Waals surface area contributed by atoms with Gasteiger partial charge in [0.15, 0.2) is 6.10 Å². The van der Waals surface area contributed by atoms with E-state index in [0.29, 0.717) is 19.3 Å². The van der Waals surface area contributed by atoms with Crippen molar-refractivity contribution in [2.45, 2.75) is 348 Å². The number of hydrogen-bond acceptors (Lipinski definition) is 6. The summed E-state index contributed by atoms with van der Waals surface area (Å²) < 4.78 is 16.9. The average Bonchev–Trinajstić information content (AvgIpc) is 3.47. The van der Waals surface area contributed by atoms with E-state index in [0.717, 1.165) is 109 Å². The number of carbonyl (C=O) groups excluding carboxylic acids is 3. The van der Waals surface area contributed by atoms with E-state index in [1.807, 2.05) is 0 Å². The lowest BCUT2D eigenvalue weighted by atomic mass is 10.0. The molecule has 0 heterocycles. The van der Waals surface area contributed by atoms with Gasteiger partial charge in [0.25, 0.3) is 0 Å². The Morgan fingerprint density at radius 3 is 0.802 bits per heavy atom. The number of hydrogen-bond donors (Lipinski definition) is 0. The van der Waals surface area contributed by atoms with Crippen molar-refractivity contribution in [2.75, 3.05) is 13.2 Å². The van der Waals surface area contributed by atoms with Crippen LogP contribution < -0.4 is 0 Å². The molecule has 0 spiro atoms. The summed E-state index contributed by atoms with van der Waals surface area (Å²) in [5.41, 5.74) is 0. The number of esters is 3. The lowest BCUT2D eigenvalue weighted by molar-refractivity contribution is -0.167. The Morgan fingerprint density at radius 2 is 0.494 bits per heavy atom. The molecule has 6 heteroatoms. The van der Waals surface area contributed by atoms with Crippen molar-refractivity contribution in [3.05, 3.63) is 97.2 Å². The Labute approximate surface area is 502 Å². The van der Waals surface area contributed by atoms with Gasteiger partial charge in [0, 0.05) is 19.3 Å². The van der Waals surface area contributed by atoms with Gasteiger partial charge >= 0.3 is 17.9 Å². The normalized spacial score (nSPS) is 12.7. The van der Waals surface area contributed by atoms with E-state index < -0.39 is 6.10 Å². The van der Waals surface area contributed by atoms with E-state index in [1.165, 1.54) is 193 Å². The molecule has 0 saturated carbocycles. The highest BCUT2D eigenvalue weighted by Crippen LogP contribution is 2.17. The lowest BCUT2D eigenvalue weighted by Gasteiger charge is -2.18. The van der Waals surface area contributed by atoms with E-state index in [9.17, 15) is 14.4 Å². The predicted molar refractivity (Wildman–Crippen MR) is 353 cm³/mol. The maximum atomic E-state index is 12.9. The van der Waals surface area contributed by atoms with Crippen LogP contribution in [0, 0.1) is 0 Å². The molecule has 1 unspecified atom stereocenters. The quantitative estimate of drug-likeness (QED) is 0.0261. The van der Waals surface area contributed by atoms with Crippen LogP contribution in [0.4, 0.5) is 0 Å². The van der Waals surface area contributed by atoms with Crippen molar-refractivity contribution in [1.29, 1.82) is 0 Å². The molecule has 1 atom stereocenters. The Hall–Kier alpha value is -3.67. The van der Waals surface area contributed by atoms with Gasteiger partial charge in [-0.25, -0.2) is 0 Å². The molecule has 6 nitrogen and oxygen atoms in total. The maximum Gasteiger partial charge on any atom is 0.306 e. The maximum absolute atomic E-state index is 12.9. The first-order valence-corrected chi connectivity index (χ1v) is 34.7. The summed E-state index contributed by atoms with van der Waals surface area (Å²) in [6.07, 6.45) is 93.0. The summed E-state index contributed by atoms with van der Waals surface area (Å²) >= 11 is 0. The SMILES string of the molecule is CC/C=C\C/C=C\C/C=C\C/C=C\CCCCCCCCCCC(=O)OC(COC(=O)CCCCCCC/C=C\CCCC)COC(=O)CCCCCCCCCCCCCCCCCC/C=C\C/C=C\C/C=C\CCCCCCC. The van der Waals surface area contributed by atoms with Gasteiger partial charge in [-0.2, -0.15) is 0 Å². The summed E-state index contributed by atoms with van der Waals surface area (Å²) in [6.45, 7) is 6.50. The first-order chi connectivity index (χ1) is 40.0. The molecule has 0 aromatic rings. The van der Waals surface area contributed by atoms with Gasteiger partial charge < -0.3 is 14.2 Å². The molecule has 0 N–H and O–H groups in total. The molecule has 0 bridgehead atoms. The number of unbranched alkanes of at least 4 members (excludes halogenated alkanes) is 36. The van der Waals surface area contributed by atoms with Crippen molar-refractivity contribution in [2.24, 2.45) is 0 Å². The fourth-order valence-corrected chi connectivity index (χ4v) is 9.84. The van der Waals surface area contributed by atoms with E-state index in [2.05, 4.69) is 118 Å². The van der Waals surface area contributed by atoms with Gasteiger partial charge in [0.05, 0.1) is 0 Å². The fourth-order valence-electron chi connectivity index (χ4n) is 9.84. The third kappa shape index (κ3) is 67.0. The van der Waals surface area contributed by atoms with E-state index in [1.54, 1.807) is 0 Å². The van der Waals surface area contributed by atoms with Gasteiger partial charge in [0.2, 0.25) is 0 Å². The van der Waals surface area contributed by atoms with E-state index in [-0.39, 0.29) is 31.1 Å². The highest BCUT2D eigenvalue weighted by atomic mass is 16.6. The molecule has 466 valence electrons. The van der Waals surface area contributed by atoms with Gasteiger partial charge in [-0.05, 0) is 116 Å². The molecule has 0 rings (SSSR count). The molecule has 0 amide bonds. The summed E-state index contributed by atoms with van der Waals surface area (Å²) in [5.74, 6) is -0.887. The largest absolute Gasteiger partial charge is 0.462 e. The van der Waals surface area contributed by atoms with Crippen LogP contribution in [0.5, 0.6) is 0 Å². The van der Waals surface area contributed by atoms with Gasteiger partial charge in [0.1, 0.15) is 13.2 Å². The van der Waals surface area contributed by atoms with Crippen LogP contribution in [0.2, 0.25) is 0 Å². The molecular weight excluding hydrogens is 997 g/mol. The van der Waals surface area contributed by atoms with E-state index >= 15 is 0 Å². The van der Waals surface area contributed by atoms with Crippen molar-refractivity contribution in [3.8, 4) is 0 Å². The molecule has 0 aromatic heterocycles. The molecule has 0 saturated heterocycles. The smallest absolute Gasteiger partial charge is 0.306 e. The first kappa shape index (κ1) is 77.3. The Kier molecular flexibility index (Phi) is 65.7. The van der Waals surface area contributed by atoms with Crippen molar-refractivity contribution < 1.29 is 28.6 Å². The molecule has 0 aliphatic heterocycles. The van der Waals surface area contributed by atoms with Gasteiger partial charge in [-0.3, -0.25) is 14.4 Å². The fraction of sp³-hybridized carbons (Fsp3) is 0.747. The highest BCUT2D eigenvalue weighted by molar-refractivity contribution is 5.71. The molecule has 0 fully saturated rings. The third-order valence-electron chi connectivity index (χ3n) is 15.0. The average molecular weight is 1130 g/mol. The number of rotatable bonds is 63. The van der Waals surface area contributed by atoms with Crippen LogP contribution in [-0.2, 0) is 28.6 Å². The van der Waals surface area contributed by atoms with Crippen LogP contribution in [0.15, 0.2) is 97.2 Å². The van der Waals surface area contributed by atoms with Crippen LogP contribution in [-0.4, -0.2) is 37.2 Å². The van der Waals surface area contributed by atoms with Crippen molar-refractivity contribution in [3.63, 3.8) is 0 Å². The van der Waals surface area contributed by atoms with E-state index in [4.69, 9.17) is 14.2 Å². The number of carbonyl (C=O) groups is 3. The topological polar surface area (TPSA) is 78.9 Å². The Balaban J connectivity index is 4.19. The molecule has 0 aromatic carbocycles. The van der Waals surface area contributed by atoms with Crippen LogP contribution in [0.3, 0.4) is 0 Å². The monoisotopic (exact) mass is 1130 g/mol. The summed E-state index contributed by atoms with van der Waals surface area (Å²) in [7, 11) is 0. The minimum Gasteiger partial charge on any atom is -0.462 e. The molecule has 0 aliphatic carbocycles. The minimum atomic E-state index is -0.786. The second-order valence-electron chi connectivity index (χ2n) is 23.1. The zero-order valence-corrected chi connectivity index (χ0v) is 53.5. The molecular formula is C75H130O6. The predicted octanol–water partition coefficient (Wildman–Crippen LogP) is 24.0. The van der Waals surface area contributed by atoms with Gasteiger partial charge in [-0.1, -0.05) is 304 Å². The van der Waals surface area contributed by atoms with Crippen LogP contribution in [0.25, 0.3) is 0 Å². The molecule has 81 heavy (non-hydrogen) atoms. The van der Waals surface area contributed by atoms with Crippen molar-refractivity contribution >= 4 is 17.9 Å². The molecule has 0 radical (unpaired) electrons. The summed E-state index contributed by atoms with van der Waals surface area (Å²) in [5, 5.41) is 0. The summed E-state index contributed by atoms with van der Waals surface area (Å²) in [6, 6.07) is 0.